The number of aromatic nitrogens is 2. The van der Waals surface area contributed by atoms with Crippen molar-refractivity contribution in [2.45, 2.75) is 38.2 Å². The van der Waals surface area contributed by atoms with Crippen molar-refractivity contribution in [1.82, 2.24) is 10.2 Å². The van der Waals surface area contributed by atoms with E-state index in [0.29, 0.717) is 42.5 Å². The van der Waals surface area contributed by atoms with E-state index in [-0.39, 0.29) is 23.2 Å². The molecule has 1 saturated heterocycles. The van der Waals surface area contributed by atoms with Crippen molar-refractivity contribution in [2.75, 3.05) is 25.1 Å². The molecule has 1 saturated carbocycles. The highest BCUT2D eigenvalue weighted by molar-refractivity contribution is 5.96. The average Bonchev–Trinajstić information content (AvgIpc) is 3.03. The van der Waals surface area contributed by atoms with Crippen LogP contribution in [0.4, 0.5) is 10.2 Å². The summed E-state index contributed by atoms with van der Waals surface area (Å²) < 4.78 is 25.7. The standard InChI is InChI=1S/C20H24FN3O3/c1-13-17(15-4-2-3-5-16(15)21)18(24-23-13)22-19(25)14-6-8-20(9-7-14)12-26-10-11-27-20/h2-5,14H,6-12H2,1H3,(H2,22,23,24,25). The van der Waals surface area contributed by atoms with Crippen LogP contribution in [0.2, 0.25) is 0 Å². The summed E-state index contributed by atoms with van der Waals surface area (Å²) in [5.41, 5.74) is 1.51. The molecule has 27 heavy (non-hydrogen) atoms. The Labute approximate surface area is 157 Å². The normalized spacial score (nSPS) is 25.5. The Kier molecular flexibility index (Phi) is 4.97. The SMILES string of the molecule is Cc1[nH]nc(NC(=O)C2CCC3(CC2)COCCO3)c1-c1ccccc1F. The number of carbonyl (C=O) groups is 1. The summed E-state index contributed by atoms with van der Waals surface area (Å²) in [5, 5.41) is 9.93. The summed E-state index contributed by atoms with van der Waals surface area (Å²) >= 11 is 0. The summed E-state index contributed by atoms with van der Waals surface area (Å²) in [7, 11) is 0. The Morgan fingerprint density at radius 1 is 1.30 bits per heavy atom. The van der Waals surface area contributed by atoms with Crippen LogP contribution < -0.4 is 5.32 Å². The number of benzene rings is 1. The lowest BCUT2D eigenvalue weighted by Crippen LogP contribution is -2.47. The second-order valence-electron chi connectivity index (χ2n) is 7.40. The number of anilines is 1. The molecule has 1 aliphatic carbocycles. The first-order valence-corrected chi connectivity index (χ1v) is 9.40. The first-order chi connectivity index (χ1) is 13.1. The topological polar surface area (TPSA) is 76.2 Å². The van der Waals surface area contributed by atoms with Crippen LogP contribution in [0, 0.1) is 18.7 Å². The van der Waals surface area contributed by atoms with Gasteiger partial charge in [-0.2, -0.15) is 5.10 Å². The van der Waals surface area contributed by atoms with Gasteiger partial charge in [-0.25, -0.2) is 4.39 Å². The smallest absolute Gasteiger partial charge is 0.228 e. The van der Waals surface area contributed by atoms with E-state index in [0.717, 1.165) is 25.7 Å². The molecule has 1 amide bonds. The Morgan fingerprint density at radius 2 is 2.07 bits per heavy atom. The van der Waals surface area contributed by atoms with Gasteiger partial charge >= 0.3 is 0 Å². The number of ether oxygens (including phenoxy) is 2. The third kappa shape index (κ3) is 3.61. The van der Waals surface area contributed by atoms with Gasteiger partial charge in [0.15, 0.2) is 5.82 Å². The summed E-state index contributed by atoms with van der Waals surface area (Å²) in [6.07, 6.45) is 3.11. The Morgan fingerprint density at radius 3 is 2.78 bits per heavy atom. The van der Waals surface area contributed by atoms with Crippen molar-refractivity contribution in [1.29, 1.82) is 0 Å². The molecule has 1 aromatic carbocycles. The Balaban J connectivity index is 1.46. The van der Waals surface area contributed by atoms with Gasteiger partial charge in [0.1, 0.15) is 5.82 Å². The van der Waals surface area contributed by atoms with E-state index in [4.69, 9.17) is 9.47 Å². The van der Waals surface area contributed by atoms with Crippen LogP contribution in [0.5, 0.6) is 0 Å². The number of H-pyrrole nitrogens is 1. The number of hydrogen-bond donors (Lipinski definition) is 2. The first-order valence-electron chi connectivity index (χ1n) is 9.40. The lowest BCUT2D eigenvalue weighted by Gasteiger charge is -2.41. The molecule has 1 aliphatic heterocycles. The highest BCUT2D eigenvalue weighted by Crippen LogP contribution is 2.38. The minimum Gasteiger partial charge on any atom is -0.376 e. The van der Waals surface area contributed by atoms with E-state index in [1.165, 1.54) is 6.07 Å². The van der Waals surface area contributed by atoms with Crippen LogP contribution in [-0.2, 0) is 14.3 Å². The van der Waals surface area contributed by atoms with Crippen molar-refractivity contribution >= 4 is 11.7 Å². The van der Waals surface area contributed by atoms with E-state index < -0.39 is 0 Å². The highest BCUT2D eigenvalue weighted by atomic mass is 19.1. The van der Waals surface area contributed by atoms with Crippen molar-refractivity contribution in [3.05, 3.63) is 35.8 Å². The van der Waals surface area contributed by atoms with Gasteiger partial charge in [-0.05, 0) is 38.7 Å². The second kappa shape index (κ2) is 7.40. The summed E-state index contributed by atoms with van der Waals surface area (Å²) in [6.45, 7) is 3.69. The minimum atomic E-state index is -0.341. The molecule has 144 valence electrons. The molecule has 0 bridgehead atoms. The first kappa shape index (κ1) is 18.1. The number of carbonyl (C=O) groups excluding carboxylic acids is 1. The number of aromatic amines is 1. The van der Waals surface area contributed by atoms with Crippen molar-refractivity contribution in [3.63, 3.8) is 0 Å². The third-order valence-electron chi connectivity index (χ3n) is 5.60. The quantitative estimate of drug-likeness (QED) is 0.864. The highest BCUT2D eigenvalue weighted by Gasteiger charge is 2.40. The molecule has 4 rings (SSSR count). The van der Waals surface area contributed by atoms with E-state index in [9.17, 15) is 9.18 Å². The molecule has 0 radical (unpaired) electrons. The maximum absolute atomic E-state index is 14.2. The van der Waals surface area contributed by atoms with E-state index >= 15 is 0 Å². The summed E-state index contributed by atoms with van der Waals surface area (Å²) in [6, 6.07) is 6.50. The lowest BCUT2D eigenvalue weighted by molar-refractivity contribution is -0.175. The zero-order chi connectivity index (χ0) is 18.9. The van der Waals surface area contributed by atoms with Crippen LogP contribution >= 0.6 is 0 Å². The Bertz CT molecular complexity index is 820. The van der Waals surface area contributed by atoms with Crippen molar-refractivity contribution in [2.24, 2.45) is 5.92 Å². The van der Waals surface area contributed by atoms with Gasteiger partial charge in [-0.3, -0.25) is 9.89 Å². The number of nitrogens with zero attached hydrogens (tertiary/aromatic N) is 1. The molecule has 0 atom stereocenters. The fourth-order valence-corrected chi connectivity index (χ4v) is 4.04. The van der Waals surface area contributed by atoms with Crippen LogP contribution in [0.3, 0.4) is 0 Å². The van der Waals surface area contributed by atoms with Crippen LogP contribution in [0.1, 0.15) is 31.4 Å². The number of halogens is 1. The maximum Gasteiger partial charge on any atom is 0.228 e. The molecule has 7 heteroatoms. The molecule has 0 unspecified atom stereocenters. The number of rotatable bonds is 3. The summed E-state index contributed by atoms with van der Waals surface area (Å²) in [4.78, 5) is 12.8. The zero-order valence-electron chi connectivity index (χ0n) is 15.4. The molecule has 2 aliphatic rings. The number of nitrogens with one attached hydrogen (secondary N) is 2. The van der Waals surface area contributed by atoms with Gasteiger partial charge in [0.05, 0.1) is 25.4 Å². The van der Waals surface area contributed by atoms with Gasteiger partial charge < -0.3 is 14.8 Å². The van der Waals surface area contributed by atoms with E-state index in [1.54, 1.807) is 18.2 Å². The van der Waals surface area contributed by atoms with Crippen LogP contribution in [0.25, 0.3) is 11.1 Å². The predicted octanol–water partition coefficient (Wildman–Crippen LogP) is 3.44. The Hall–Kier alpha value is -2.25. The van der Waals surface area contributed by atoms with Gasteiger partial charge in [0.25, 0.3) is 0 Å². The molecule has 1 spiro atoms. The third-order valence-corrected chi connectivity index (χ3v) is 5.60. The van der Waals surface area contributed by atoms with Gasteiger partial charge in [-0.15, -0.1) is 0 Å². The van der Waals surface area contributed by atoms with Crippen LogP contribution in [-0.4, -0.2) is 41.5 Å². The summed E-state index contributed by atoms with van der Waals surface area (Å²) in [5.74, 6) is -0.149. The van der Waals surface area contributed by atoms with E-state index in [2.05, 4.69) is 15.5 Å². The molecule has 2 aromatic rings. The van der Waals surface area contributed by atoms with Crippen LogP contribution in [0.15, 0.2) is 24.3 Å². The monoisotopic (exact) mass is 373 g/mol. The fourth-order valence-electron chi connectivity index (χ4n) is 4.04. The molecule has 1 aromatic heterocycles. The largest absolute Gasteiger partial charge is 0.376 e. The number of aryl methyl sites for hydroxylation is 1. The second-order valence-corrected chi connectivity index (χ2v) is 7.40. The van der Waals surface area contributed by atoms with Crippen molar-refractivity contribution in [3.8, 4) is 11.1 Å². The predicted molar refractivity (Wildman–Crippen MR) is 98.8 cm³/mol. The van der Waals surface area contributed by atoms with Crippen molar-refractivity contribution < 1.29 is 18.7 Å². The average molecular weight is 373 g/mol. The zero-order valence-corrected chi connectivity index (χ0v) is 15.4. The molecule has 2 heterocycles. The lowest BCUT2D eigenvalue weighted by atomic mass is 9.78. The molecular formula is C20H24FN3O3. The number of hydrogen-bond acceptors (Lipinski definition) is 4. The van der Waals surface area contributed by atoms with Gasteiger partial charge in [-0.1, -0.05) is 18.2 Å². The molecule has 2 N–H and O–H groups in total. The molecule has 2 fully saturated rings. The minimum absolute atomic E-state index is 0.0781. The number of amides is 1. The molecule has 6 nitrogen and oxygen atoms in total. The van der Waals surface area contributed by atoms with E-state index in [1.807, 2.05) is 6.92 Å². The fraction of sp³-hybridized carbons (Fsp3) is 0.500. The van der Waals surface area contributed by atoms with Gasteiger partial charge in [0.2, 0.25) is 5.91 Å². The molecular weight excluding hydrogens is 349 g/mol. The maximum atomic E-state index is 14.2. The van der Waals surface area contributed by atoms with Gasteiger partial charge in [0, 0.05) is 22.7 Å².